The predicted octanol–water partition coefficient (Wildman–Crippen LogP) is 6.14. The summed E-state index contributed by atoms with van der Waals surface area (Å²) in [5, 5.41) is 10.3. The second-order valence-electron chi connectivity index (χ2n) is 3.92. The Morgan fingerprint density at radius 2 is 1.70 bits per heavy atom. The summed E-state index contributed by atoms with van der Waals surface area (Å²) < 4.78 is 40.1. The Morgan fingerprint density at radius 3 is 2.20 bits per heavy atom. The maximum Gasteiger partial charge on any atom is 0.416 e. The fraction of sp³-hybridized carbons (Fsp3) is 0.167. The maximum atomic E-state index is 12.7. The molecule has 0 aliphatic heterocycles. The normalized spacial score (nSPS) is 13.6. The molecule has 2 rings (SSSR count). The lowest BCUT2D eigenvalue weighted by atomic mass is 10.0. The first kappa shape index (κ1) is 16.5. The highest BCUT2D eigenvalue weighted by Gasteiger charge is 2.32. The predicted molar refractivity (Wildman–Crippen MR) is 82.9 cm³/mol. The van der Waals surface area contributed by atoms with Gasteiger partial charge in [0.2, 0.25) is 0 Å². The van der Waals surface area contributed by atoms with Gasteiger partial charge in [-0.25, -0.2) is 0 Å². The van der Waals surface area contributed by atoms with E-state index in [2.05, 4.69) is 47.8 Å². The largest absolute Gasteiger partial charge is 0.416 e. The topological polar surface area (TPSA) is 20.2 Å². The van der Waals surface area contributed by atoms with Crippen LogP contribution in [0.25, 0.3) is 0 Å². The molecule has 0 fully saturated rings. The molecule has 8 heteroatoms. The second-order valence-corrected chi connectivity index (χ2v) is 8.52. The van der Waals surface area contributed by atoms with Gasteiger partial charge in [0.15, 0.2) is 0 Å². The molecule has 0 saturated heterocycles. The van der Waals surface area contributed by atoms with Crippen molar-refractivity contribution in [1.82, 2.24) is 0 Å². The molecule has 1 nitrogen and oxygen atoms in total. The summed E-state index contributed by atoms with van der Waals surface area (Å²) in [5.74, 6) is 0. The minimum absolute atomic E-state index is 0.172. The van der Waals surface area contributed by atoms with Crippen LogP contribution in [-0.4, -0.2) is 5.11 Å². The maximum absolute atomic E-state index is 12.7. The van der Waals surface area contributed by atoms with Crippen molar-refractivity contribution in [2.45, 2.75) is 12.3 Å². The van der Waals surface area contributed by atoms with E-state index in [1.54, 1.807) is 6.07 Å². The molecule has 1 atom stereocenters. The third-order valence-corrected chi connectivity index (χ3v) is 5.70. The highest BCUT2D eigenvalue weighted by molar-refractivity contribution is 9.12. The van der Waals surface area contributed by atoms with Gasteiger partial charge in [0.1, 0.15) is 6.10 Å². The number of aliphatic hydroxyl groups excluding tert-OH is 1. The van der Waals surface area contributed by atoms with E-state index >= 15 is 0 Å². The summed E-state index contributed by atoms with van der Waals surface area (Å²) in [7, 11) is 0. The Hall–Kier alpha value is 0.110. The van der Waals surface area contributed by atoms with Gasteiger partial charge in [0.25, 0.3) is 0 Å². The van der Waals surface area contributed by atoms with Crippen molar-refractivity contribution in [2.75, 3.05) is 0 Å². The van der Waals surface area contributed by atoms with Crippen molar-refractivity contribution in [3.63, 3.8) is 0 Å². The van der Waals surface area contributed by atoms with Crippen molar-refractivity contribution in [1.29, 1.82) is 0 Å². The molecule has 0 aliphatic rings. The van der Waals surface area contributed by atoms with Crippen LogP contribution in [0, 0.1) is 0 Å². The Labute approximate surface area is 142 Å². The van der Waals surface area contributed by atoms with Crippen molar-refractivity contribution < 1.29 is 18.3 Å². The van der Waals surface area contributed by atoms with E-state index in [4.69, 9.17) is 0 Å². The van der Waals surface area contributed by atoms with Crippen molar-refractivity contribution in [2.24, 2.45) is 0 Å². The zero-order chi connectivity index (χ0) is 15.1. The first-order valence-electron chi connectivity index (χ1n) is 5.19. The molecule has 0 bridgehead atoms. The molecule has 1 aromatic heterocycles. The summed E-state index contributed by atoms with van der Waals surface area (Å²) >= 11 is 11.1. The number of halogens is 6. The molecule has 0 aliphatic carbocycles. The van der Waals surface area contributed by atoms with Gasteiger partial charge >= 0.3 is 6.18 Å². The second kappa shape index (κ2) is 6.08. The van der Waals surface area contributed by atoms with Crippen LogP contribution in [0.4, 0.5) is 13.2 Å². The van der Waals surface area contributed by atoms with Crippen LogP contribution in [0.3, 0.4) is 0 Å². The minimum Gasteiger partial charge on any atom is -0.384 e. The van der Waals surface area contributed by atoms with Crippen LogP contribution in [-0.2, 0) is 6.18 Å². The molecular formula is C12H6Br3F3OS. The van der Waals surface area contributed by atoms with Crippen LogP contribution in [0.5, 0.6) is 0 Å². The molecule has 1 heterocycles. The van der Waals surface area contributed by atoms with Crippen molar-refractivity contribution in [3.8, 4) is 0 Å². The van der Waals surface area contributed by atoms with E-state index in [-0.39, 0.29) is 5.56 Å². The molecule has 0 saturated carbocycles. The lowest BCUT2D eigenvalue weighted by molar-refractivity contribution is -0.137. The van der Waals surface area contributed by atoms with Crippen LogP contribution in [0.2, 0.25) is 0 Å². The number of hydrogen-bond acceptors (Lipinski definition) is 2. The molecule has 1 aromatic carbocycles. The molecule has 0 radical (unpaired) electrons. The Bertz CT molecular complexity index is 639. The molecule has 108 valence electrons. The van der Waals surface area contributed by atoms with Gasteiger partial charge in [-0.05, 0) is 61.7 Å². The van der Waals surface area contributed by atoms with E-state index < -0.39 is 17.8 Å². The molecule has 20 heavy (non-hydrogen) atoms. The molecule has 1 unspecified atom stereocenters. The summed E-state index contributed by atoms with van der Waals surface area (Å²) in [6.45, 7) is 0. The van der Waals surface area contributed by atoms with Gasteiger partial charge in [-0.3, -0.25) is 0 Å². The third-order valence-electron chi connectivity index (χ3n) is 2.60. The zero-order valence-corrected chi connectivity index (χ0v) is 15.1. The summed E-state index contributed by atoms with van der Waals surface area (Å²) in [5.41, 5.74) is -0.104. The monoisotopic (exact) mass is 492 g/mol. The van der Waals surface area contributed by atoms with E-state index in [9.17, 15) is 18.3 Å². The van der Waals surface area contributed by atoms with Gasteiger partial charge < -0.3 is 5.11 Å². The Kier molecular flexibility index (Phi) is 5.01. The first-order valence-corrected chi connectivity index (χ1v) is 8.39. The Balaban J connectivity index is 2.49. The Morgan fingerprint density at radius 1 is 1.05 bits per heavy atom. The van der Waals surface area contributed by atoms with Crippen LogP contribution in [0.15, 0.2) is 36.3 Å². The average molecular weight is 495 g/mol. The van der Waals surface area contributed by atoms with Gasteiger partial charge in [0.05, 0.1) is 13.1 Å². The number of rotatable bonds is 2. The van der Waals surface area contributed by atoms with Gasteiger partial charge in [0, 0.05) is 10.0 Å². The third kappa shape index (κ3) is 3.47. The van der Waals surface area contributed by atoms with E-state index in [1.165, 1.54) is 17.4 Å². The standard InChI is InChI=1S/C12H6Br3F3OS/c13-8-2-1-5(12(16,17)18)3-6(8)10(19)7-4-9(14)20-11(7)15/h1-4,10,19H. The highest BCUT2D eigenvalue weighted by Crippen LogP contribution is 2.41. The SMILES string of the molecule is OC(c1cc(C(F)(F)F)ccc1Br)c1cc(Br)sc1Br. The van der Waals surface area contributed by atoms with Gasteiger partial charge in [-0.1, -0.05) is 15.9 Å². The van der Waals surface area contributed by atoms with E-state index in [1.807, 2.05) is 0 Å². The zero-order valence-electron chi connectivity index (χ0n) is 9.51. The van der Waals surface area contributed by atoms with E-state index in [0.717, 1.165) is 15.9 Å². The highest BCUT2D eigenvalue weighted by atomic mass is 79.9. The fourth-order valence-electron chi connectivity index (χ4n) is 1.64. The quantitative estimate of drug-likeness (QED) is 0.532. The van der Waals surface area contributed by atoms with Crippen molar-refractivity contribution >= 4 is 59.1 Å². The number of alkyl halides is 3. The summed E-state index contributed by atoms with van der Waals surface area (Å²) in [6, 6.07) is 4.88. The summed E-state index contributed by atoms with van der Waals surface area (Å²) in [6.07, 6.45) is -5.59. The summed E-state index contributed by atoms with van der Waals surface area (Å²) in [4.78, 5) is 0. The number of aliphatic hydroxyl groups is 1. The molecule has 0 spiro atoms. The van der Waals surface area contributed by atoms with Crippen LogP contribution in [0.1, 0.15) is 22.8 Å². The van der Waals surface area contributed by atoms with Gasteiger partial charge in [-0.15, -0.1) is 11.3 Å². The van der Waals surface area contributed by atoms with E-state index in [0.29, 0.717) is 13.8 Å². The molecule has 1 N–H and O–H groups in total. The number of benzene rings is 1. The van der Waals surface area contributed by atoms with Gasteiger partial charge in [-0.2, -0.15) is 13.2 Å². The molecule has 2 aromatic rings. The lowest BCUT2D eigenvalue weighted by Gasteiger charge is -2.15. The van der Waals surface area contributed by atoms with Crippen LogP contribution < -0.4 is 0 Å². The van der Waals surface area contributed by atoms with Crippen LogP contribution >= 0.6 is 59.1 Å². The lowest BCUT2D eigenvalue weighted by Crippen LogP contribution is -2.08. The number of thiophene rings is 1. The molecular weight excluding hydrogens is 489 g/mol. The molecule has 0 amide bonds. The van der Waals surface area contributed by atoms with Crippen molar-refractivity contribution in [3.05, 3.63) is 53.0 Å². The average Bonchev–Trinajstić information content (AvgIpc) is 2.66. The number of hydrogen-bond donors (Lipinski definition) is 1. The minimum atomic E-state index is -4.44. The fourth-order valence-corrected chi connectivity index (χ4v) is 4.98. The first-order chi connectivity index (χ1) is 9.20. The smallest absolute Gasteiger partial charge is 0.384 e.